The third-order valence-electron chi connectivity index (χ3n) is 5.34. The predicted molar refractivity (Wildman–Crippen MR) is 129 cm³/mol. The molecule has 4 aromatic rings. The number of nitrogens with zero attached hydrogens (tertiary/aromatic N) is 2. The lowest BCUT2D eigenvalue weighted by molar-refractivity contribution is 0.0549. The summed E-state index contributed by atoms with van der Waals surface area (Å²) in [6, 6.07) is 20.4. The summed E-state index contributed by atoms with van der Waals surface area (Å²) in [5, 5.41) is 14.2. The van der Waals surface area contributed by atoms with Crippen molar-refractivity contribution in [3.63, 3.8) is 0 Å². The number of aromatic nitrogens is 2. The Kier molecular flexibility index (Phi) is 6.66. The number of carboxylic acids is 1. The van der Waals surface area contributed by atoms with E-state index in [0.29, 0.717) is 22.4 Å². The van der Waals surface area contributed by atoms with Gasteiger partial charge in [0.1, 0.15) is 11.3 Å². The van der Waals surface area contributed by atoms with Gasteiger partial charge in [-0.1, -0.05) is 60.1 Å². The highest BCUT2D eigenvalue weighted by Gasteiger charge is 2.32. The second kappa shape index (κ2) is 9.82. The van der Waals surface area contributed by atoms with Crippen LogP contribution in [-0.2, 0) is 9.47 Å². The van der Waals surface area contributed by atoms with Gasteiger partial charge >= 0.3 is 17.9 Å². The quantitative estimate of drug-likeness (QED) is 0.373. The minimum absolute atomic E-state index is 0.0720. The minimum atomic E-state index is -1.18. The van der Waals surface area contributed by atoms with Crippen LogP contribution in [0.4, 0.5) is 0 Å². The number of para-hydroxylation sites is 1. The Morgan fingerprint density at radius 3 is 2.11 bits per heavy atom. The maximum absolute atomic E-state index is 13.0. The fraction of sp³-hybridized carbons (Fsp3) is 0.0769. The molecule has 0 spiro atoms. The number of benzene rings is 3. The number of hydrogen-bond donors (Lipinski definition) is 1. The molecule has 0 atom stereocenters. The predicted octanol–water partition coefficient (Wildman–Crippen LogP) is 5.13. The van der Waals surface area contributed by atoms with Crippen molar-refractivity contribution in [1.29, 1.82) is 0 Å². The van der Waals surface area contributed by atoms with Gasteiger partial charge < -0.3 is 14.6 Å². The number of halogens is 1. The second-order valence-corrected chi connectivity index (χ2v) is 7.76. The van der Waals surface area contributed by atoms with Gasteiger partial charge in [0.05, 0.1) is 30.5 Å². The highest BCUT2D eigenvalue weighted by molar-refractivity contribution is 6.33. The average Bonchev–Trinajstić information content (AvgIpc) is 3.29. The van der Waals surface area contributed by atoms with Crippen molar-refractivity contribution >= 4 is 29.5 Å². The lowest BCUT2D eigenvalue weighted by Crippen LogP contribution is -2.15. The molecule has 176 valence electrons. The van der Waals surface area contributed by atoms with E-state index in [1.54, 1.807) is 54.6 Å². The zero-order valence-corrected chi connectivity index (χ0v) is 19.4. The van der Waals surface area contributed by atoms with Crippen LogP contribution in [0.3, 0.4) is 0 Å². The fourth-order valence-electron chi connectivity index (χ4n) is 3.74. The molecule has 1 aromatic heterocycles. The first-order valence-corrected chi connectivity index (χ1v) is 10.7. The summed E-state index contributed by atoms with van der Waals surface area (Å²) in [6.07, 6.45) is 0. The first-order valence-electron chi connectivity index (χ1n) is 10.3. The smallest absolute Gasteiger partial charge is 0.357 e. The van der Waals surface area contributed by atoms with Crippen molar-refractivity contribution < 1.29 is 29.0 Å². The molecule has 0 amide bonds. The Morgan fingerprint density at radius 1 is 0.857 bits per heavy atom. The van der Waals surface area contributed by atoms with Crippen molar-refractivity contribution in [3.05, 3.63) is 94.6 Å². The van der Waals surface area contributed by atoms with Crippen molar-refractivity contribution in [2.24, 2.45) is 0 Å². The lowest BCUT2D eigenvalue weighted by atomic mass is 9.94. The second-order valence-electron chi connectivity index (χ2n) is 7.35. The molecule has 0 radical (unpaired) electrons. The van der Waals surface area contributed by atoms with Crippen LogP contribution < -0.4 is 0 Å². The Morgan fingerprint density at radius 2 is 1.49 bits per heavy atom. The van der Waals surface area contributed by atoms with Gasteiger partial charge in [0, 0.05) is 5.56 Å². The first-order chi connectivity index (χ1) is 16.9. The van der Waals surface area contributed by atoms with Crippen molar-refractivity contribution in [3.8, 4) is 28.1 Å². The molecule has 0 aliphatic carbocycles. The Hall–Kier alpha value is -4.43. The van der Waals surface area contributed by atoms with Crippen LogP contribution in [0, 0.1) is 0 Å². The third-order valence-corrected chi connectivity index (χ3v) is 5.67. The number of hydrogen-bond acceptors (Lipinski definition) is 6. The number of esters is 2. The van der Waals surface area contributed by atoms with Crippen molar-refractivity contribution in [2.75, 3.05) is 14.2 Å². The van der Waals surface area contributed by atoms with Crippen molar-refractivity contribution in [1.82, 2.24) is 9.78 Å². The maximum Gasteiger partial charge on any atom is 0.357 e. The molecule has 0 aliphatic rings. The van der Waals surface area contributed by atoms with Crippen LogP contribution in [0.5, 0.6) is 0 Å². The van der Waals surface area contributed by atoms with Gasteiger partial charge in [0.15, 0.2) is 5.69 Å². The molecule has 4 rings (SSSR count). The zero-order chi connectivity index (χ0) is 25.1. The SMILES string of the molecule is COC(=O)c1c(-c2ccccc2-c2ccc(Cl)c(C(=O)O)c2)nn(-c2ccccc2)c1C(=O)OC. The summed E-state index contributed by atoms with van der Waals surface area (Å²) in [5.41, 5.74) is 2.03. The third kappa shape index (κ3) is 4.39. The number of carbonyl (C=O) groups excluding carboxylic acids is 2. The molecule has 3 aromatic carbocycles. The number of ether oxygens (including phenoxy) is 2. The van der Waals surface area contributed by atoms with Gasteiger partial charge in [-0.05, 0) is 35.4 Å². The molecule has 0 saturated heterocycles. The van der Waals surface area contributed by atoms with Gasteiger partial charge in [0.25, 0.3) is 0 Å². The number of aromatic carboxylic acids is 1. The number of methoxy groups -OCH3 is 2. The van der Waals surface area contributed by atoms with Gasteiger partial charge in [0.2, 0.25) is 0 Å². The molecule has 0 bridgehead atoms. The van der Waals surface area contributed by atoms with E-state index in [4.69, 9.17) is 21.1 Å². The van der Waals surface area contributed by atoms with E-state index in [1.807, 2.05) is 6.07 Å². The lowest BCUT2D eigenvalue weighted by Gasteiger charge is -2.11. The summed E-state index contributed by atoms with van der Waals surface area (Å²) >= 11 is 6.05. The van der Waals surface area contributed by atoms with Crippen LogP contribution in [0.15, 0.2) is 72.8 Å². The maximum atomic E-state index is 13.0. The highest BCUT2D eigenvalue weighted by Crippen LogP contribution is 2.37. The minimum Gasteiger partial charge on any atom is -0.478 e. The largest absolute Gasteiger partial charge is 0.478 e. The standard InChI is InChI=1S/C26H19ClN2O6/c1-34-25(32)21-22(28-29(23(21)26(33)35-2)16-8-4-3-5-9-16)18-11-7-6-10-17(18)15-12-13-20(27)19(14-15)24(30)31/h3-14H,1-2H3,(H,30,31). The van der Waals surface area contributed by atoms with E-state index in [2.05, 4.69) is 5.10 Å². The Labute approximate surface area is 205 Å². The molecule has 0 fully saturated rings. The van der Waals surface area contributed by atoms with E-state index in [-0.39, 0.29) is 27.5 Å². The van der Waals surface area contributed by atoms with E-state index >= 15 is 0 Å². The van der Waals surface area contributed by atoms with Crippen LogP contribution in [0.25, 0.3) is 28.1 Å². The topological polar surface area (TPSA) is 108 Å². The first kappa shape index (κ1) is 23.7. The summed E-state index contributed by atoms with van der Waals surface area (Å²) < 4.78 is 11.3. The zero-order valence-electron chi connectivity index (χ0n) is 18.7. The molecule has 1 N–H and O–H groups in total. The summed E-state index contributed by atoms with van der Waals surface area (Å²) in [4.78, 5) is 37.4. The van der Waals surface area contributed by atoms with Gasteiger partial charge in [-0.25, -0.2) is 19.1 Å². The molecular formula is C26H19ClN2O6. The van der Waals surface area contributed by atoms with Gasteiger partial charge in [-0.15, -0.1) is 0 Å². The van der Waals surface area contributed by atoms with E-state index in [9.17, 15) is 19.5 Å². The molecule has 9 heteroatoms. The molecule has 0 aliphatic heterocycles. The monoisotopic (exact) mass is 490 g/mol. The molecule has 0 saturated carbocycles. The number of carbonyl (C=O) groups is 3. The highest BCUT2D eigenvalue weighted by atomic mass is 35.5. The van der Waals surface area contributed by atoms with E-state index in [0.717, 1.165) is 0 Å². The van der Waals surface area contributed by atoms with Crippen LogP contribution in [0.1, 0.15) is 31.2 Å². The summed E-state index contributed by atoms with van der Waals surface area (Å²) in [7, 11) is 2.41. The number of rotatable bonds is 6. The van der Waals surface area contributed by atoms with Crippen molar-refractivity contribution in [2.45, 2.75) is 0 Å². The molecule has 0 unspecified atom stereocenters. The van der Waals surface area contributed by atoms with Crippen LogP contribution in [-0.4, -0.2) is 47.0 Å². The molecule has 1 heterocycles. The van der Waals surface area contributed by atoms with Gasteiger partial charge in [-0.3, -0.25) is 0 Å². The van der Waals surface area contributed by atoms with E-state index in [1.165, 1.54) is 31.0 Å². The van der Waals surface area contributed by atoms with E-state index < -0.39 is 17.9 Å². The molecular weight excluding hydrogens is 472 g/mol. The molecule has 8 nitrogen and oxygen atoms in total. The van der Waals surface area contributed by atoms with Crippen LogP contribution >= 0.6 is 11.6 Å². The summed E-state index contributed by atoms with van der Waals surface area (Å²) in [6.45, 7) is 0. The normalized spacial score (nSPS) is 10.6. The Balaban J connectivity index is 2.05. The van der Waals surface area contributed by atoms with Gasteiger partial charge in [-0.2, -0.15) is 5.10 Å². The average molecular weight is 491 g/mol. The molecule has 35 heavy (non-hydrogen) atoms. The van der Waals surface area contributed by atoms with Crippen LogP contribution in [0.2, 0.25) is 5.02 Å². The summed E-state index contributed by atoms with van der Waals surface area (Å²) in [5.74, 6) is -2.73. The Bertz CT molecular complexity index is 1450. The fourth-order valence-corrected chi connectivity index (χ4v) is 3.94. The number of carboxylic acid groups (broad SMARTS) is 1.